The summed E-state index contributed by atoms with van der Waals surface area (Å²) in [6, 6.07) is 58.1. The highest BCUT2D eigenvalue weighted by atomic mass is 32.1. The fraction of sp³-hybridized carbons (Fsp3) is 0. The van der Waals surface area contributed by atoms with Gasteiger partial charge in [-0.2, -0.15) is 0 Å². The molecule has 0 saturated carbocycles. The first-order chi connectivity index (χ1) is 26.3. The molecule has 0 aliphatic rings. The third kappa shape index (κ3) is 4.11. The van der Waals surface area contributed by atoms with Gasteiger partial charge in [0, 0.05) is 63.6 Å². The maximum Gasteiger partial charge on any atom is 0.235 e. The molecule has 0 atom stereocenters. The van der Waals surface area contributed by atoms with Crippen LogP contribution in [0.3, 0.4) is 0 Å². The Morgan fingerprint density at radius 2 is 1.19 bits per heavy atom. The van der Waals surface area contributed by atoms with Gasteiger partial charge in [-0.25, -0.2) is 9.97 Å². The summed E-state index contributed by atoms with van der Waals surface area (Å²) in [5, 5.41) is 10.7. The molecule has 12 aromatic rings. The molecule has 4 nitrogen and oxygen atoms in total. The molecule has 8 aromatic carbocycles. The van der Waals surface area contributed by atoms with Crippen LogP contribution in [0.4, 0.5) is 0 Å². The predicted octanol–water partition coefficient (Wildman–Crippen LogP) is 13.5. The summed E-state index contributed by atoms with van der Waals surface area (Å²) in [4.78, 5) is 10.8. The summed E-state index contributed by atoms with van der Waals surface area (Å²) in [6.07, 6.45) is 0. The largest absolute Gasteiger partial charge is 0.455 e. The van der Waals surface area contributed by atoms with E-state index < -0.39 is 0 Å². The highest BCUT2D eigenvalue weighted by Gasteiger charge is 2.21. The second-order valence-electron chi connectivity index (χ2n) is 13.7. The fourth-order valence-corrected chi connectivity index (χ4v) is 9.67. The maximum atomic E-state index is 6.39. The first-order valence-electron chi connectivity index (χ1n) is 17.8. The van der Waals surface area contributed by atoms with Gasteiger partial charge < -0.3 is 4.42 Å². The van der Waals surface area contributed by atoms with Crippen LogP contribution in [0.5, 0.6) is 0 Å². The van der Waals surface area contributed by atoms with Crippen molar-refractivity contribution in [1.29, 1.82) is 0 Å². The average Bonchev–Trinajstić information content (AvgIpc) is 3.90. The van der Waals surface area contributed by atoms with Crippen LogP contribution in [-0.4, -0.2) is 14.5 Å². The molecule has 53 heavy (non-hydrogen) atoms. The van der Waals surface area contributed by atoms with E-state index in [0.717, 1.165) is 66.3 Å². The predicted molar refractivity (Wildman–Crippen MR) is 222 cm³/mol. The molecule has 0 aliphatic carbocycles. The van der Waals surface area contributed by atoms with E-state index in [1.165, 1.54) is 41.7 Å². The Bertz CT molecular complexity index is 3450. The van der Waals surface area contributed by atoms with E-state index in [1.807, 2.05) is 23.5 Å². The number of aromatic nitrogens is 3. The number of fused-ring (bicyclic) bond motifs is 13. The maximum absolute atomic E-state index is 6.39. The van der Waals surface area contributed by atoms with Crippen molar-refractivity contribution in [1.82, 2.24) is 14.5 Å². The molecule has 0 amide bonds. The third-order valence-corrected chi connectivity index (χ3v) is 12.0. The number of hydrogen-bond donors (Lipinski definition) is 0. The molecule has 0 spiro atoms. The van der Waals surface area contributed by atoms with Gasteiger partial charge in [-0.1, -0.05) is 140 Å². The van der Waals surface area contributed by atoms with Gasteiger partial charge in [-0.15, -0.1) is 11.3 Å². The lowest BCUT2D eigenvalue weighted by Gasteiger charge is -2.13. The second-order valence-corrected chi connectivity index (χ2v) is 14.8. The Balaban J connectivity index is 1.11. The minimum Gasteiger partial charge on any atom is -0.455 e. The molecule has 12 rings (SSSR count). The summed E-state index contributed by atoms with van der Waals surface area (Å²) < 4.78 is 11.3. The topological polar surface area (TPSA) is 43.9 Å². The van der Waals surface area contributed by atoms with Gasteiger partial charge in [-0.05, 0) is 35.2 Å². The van der Waals surface area contributed by atoms with Crippen molar-refractivity contribution in [2.45, 2.75) is 0 Å². The minimum absolute atomic E-state index is 0.659. The lowest BCUT2D eigenvalue weighted by atomic mass is 9.99. The zero-order valence-corrected chi connectivity index (χ0v) is 29.1. The second kappa shape index (κ2) is 10.8. The minimum atomic E-state index is 0.659. The zero-order chi connectivity index (χ0) is 34.6. The van der Waals surface area contributed by atoms with E-state index in [2.05, 4.69) is 156 Å². The molecule has 4 heterocycles. The van der Waals surface area contributed by atoms with E-state index >= 15 is 0 Å². The molecule has 0 unspecified atom stereocenters. The van der Waals surface area contributed by atoms with Crippen molar-refractivity contribution in [2.75, 3.05) is 0 Å². The molecule has 0 aliphatic heterocycles. The highest BCUT2D eigenvalue weighted by Crippen LogP contribution is 2.44. The van der Waals surface area contributed by atoms with Crippen LogP contribution in [0.25, 0.3) is 114 Å². The summed E-state index contributed by atoms with van der Waals surface area (Å²) in [5.74, 6) is 0.659. The van der Waals surface area contributed by atoms with E-state index in [-0.39, 0.29) is 0 Å². The summed E-state index contributed by atoms with van der Waals surface area (Å²) in [7, 11) is 0. The van der Waals surface area contributed by atoms with Gasteiger partial charge in [-0.3, -0.25) is 4.57 Å². The number of furan rings is 1. The van der Waals surface area contributed by atoms with E-state index in [9.17, 15) is 0 Å². The van der Waals surface area contributed by atoms with Gasteiger partial charge in [0.2, 0.25) is 5.95 Å². The number of para-hydroxylation sites is 4. The summed E-state index contributed by atoms with van der Waals surface area (Å²) >= 11 is 1.86. The Morgan fingerprint density at radius 1 is 0.491 bits per heavy atom. The Kier molecular flexibility index (Phi) is 5.90. The number of thiophene rings is 1. The first kappa shape index (κ1) is 28.8. The van der Waals surface area contributed by atoms with Crippen LogP contribution in [0, 0.1) is 0 Å². The normalized spacial score (nSPS) is 12.2. The SMILES string of the molecule is c1ccc2c(-c3ccc(-c4cccc5c4oc4ccccc45)cc3)nc(-n3c4ccccc4c4ccc5ccc6c7ccccc7sc6c5c43)nc2c1. The highest BCUT2D eigenvalue weighted by molar-refractivity contribution is 7.26. The molecular formula is C48H27N3OS. The Labute approximate surface area is 306 Å². The molecule has 0 saturated heterocycles. The van der Waals surface area contributed by atoms with Gasteiger partial charge in [0.1, 0.15) is 11.2 Å². The van der Waals surface area contributed by atoms with Crippen LogP contribution >= 0.6 is 11.3 Å². The van der Waals surface area contributed by atoms with Gasteiger partial charge in [0.05, 0.1) is 22.2 Å². The van der Waals surface area contributed by atoms with E-state index in [1.54, 1.807) is 0 Å². The molecular weight excluding hydrogens is 667 g/mol. The molecule has 0 radical (unpaired) electrons. The lowest BCUT2D eigenvalue weighted by molar-refractivity contribution is 0.670. The lowest BCUT2D eigenvalue weighted by Crippen LogP contribution is -2.03. The molecule has 5 heteroatoms. The van der Waals surface area contributed by atoms with E-state index in [0.29, 0.717) is 5.95 Å². The third-order valence-electron chi connectivity index (χ3n) is 10.8. The quantitative estimate of drug-likeness (QED) is 0.185. The smallest absolute Gasteiger partial charge is 0.235 e. The standard InChI is InChI=1S/C48H27N3OS/c1-5-16-39-38(13-1)44(30-22-20-28(21-23-30)31-14-9-15-36-33-11-3-7-18-41(33)52-46(31)36)50-48(49-39)51-40-17-6-2-10-32(40)35-26-24-29-25-27-37-34-12-4-8-19-42(34)53-47(37)43(29)45(35)51/h1-27H. The van der Waals surface area contributed by atoms with Crippen LogP contribution in [0.1, 0.15) is 0 Å². The van der Waals surface area contributed by atoms with Crippen molar-refractivity contribution in [3.63, 3.8) is 0 Å². The Morgan fingerprint density at radius 3 is 2.08 bits per heavy atom. The average molecular weight is 694 g/mol. The summed E-state index contributed by atoms with van der Waals surface area (Å²) in [5.41, 5.74) is 9.03. The van der Waals surface area contributed by atoms with Crippen molar-refractivity contribution in [3.05, 3.63) is 164 Å². The zero-order valence-electron chi connectivity index (χ0n) is 28.2. The molecule has 0 fully saturated rings. The first-order valence-corrected chi connectivity index (χ1v) is 18.6. The van der Waals surface area contributed by atoms with Crippen LogP contribution < -0.4 is 0 Å². The van der Waals surface area contributed by atoms with Gasteiger partial charge >= 0.3 is 0 Å². The van der Waals surface area contributed by atoms with Crippen molar-refractivity contribution in [3.8, 4) is 28.3 Å². The number of benzene rings is 8. The fourth-order valence-electron chi connectivity index (χ4n) is 8.41. The van der Waals surface area contributed by atoms with Crippen LogP contribution in [0.15, 0.2) is 168 Å². The Hall–Kier alpha value is -6.82. The van der Waals surface area contributed by atoms with Crippen molar-refractivity contribution in [2.24, 2.45) is 0 Å². The van der Waals surface area contributed by atoms with Crippen molar-refractivity contribution < 1.29 is 4.42 Å². The number of rotatable bonds is 3. The van der Waals surface area contributed by atoms with Gasteiger partial charge in [0.25, 0.3) is 0 Å². The van der Waals surface area contributed by atoms with E-state index in [4.69, 9.17) is 14.4 Å². The number of nitrogens with zero attached hydrogens (tertiary/aromatic N) is 3. The molecule has 0 N–H and O–H groups in total. The number of hydrogen-bond acceptors (Lipinski definition) is 4. The molecule has 0 bridgehead atoms. The van der Waals surface area contributed by atoms with Crippen molar-refractivity contribution >= 4 is 96.9 Å². The monoisotopic (exact) mass is 693 g/mol. The van der Waals surface area contributed by atoms with Gasteiger partial charge in [0.15, 0.2) is 0 Å². The molecule has 4 aromatic heterocycles. The molecule has 246 valence electrons. The summed E-state index contributed by atoms with van der Waals surface area (Å²) in [6.45, 7) is 0. The van der Waals surface area contributed by atoms with Crippen LogP contribution in [0.2, 0.25) is 0 Å². The van der Waals surface area contributed by atoms with Crippen LogP contribution in [-0.2, 0) is 0 Å².